The van der Waals surface area contributed by atoms with Crippen LogP contribution in [0.4, 0.5) is 0 Å². The van der Waals surface area contributed by atoms with E-state index in [1.807, 2.05) is 19.9 Å². The molecule has 0 saturated heterocycles. The number of carbonyl (C=O) groups excluding carboxylic acids is 1. The Morgan fingerprint density at radius 2 is 2.27 bits per heavy atom. The molecule has 0 atom stereocenters. The third kappa shape index (κ3) is 1.58. The average Bonchev–Trinajstić information content (AvgIpc) is 2.28. The highest BCUT2D eigenvalue weighted by Gasteiger charge is 2.09. The number of hydrogen-bond donors (Lipinski definition) is 2. The molecule has 0 bridgehead atoms. The van der Waals surface area contributed by atoms with E-state index in [1.54, 1.807) is 0 Å². The Balaban J connectivity index is 3.03. The van der Waals surface area contributed by atoms with Gasteiger partial charge in [-0.05, 0) is 25.5 Å². The molecule has 0 fully saturated rings. The van der Waals surface area contributed by atoms with Crippen molar-refractivity contribution < 1.29 is 4.79 Å². The molecular weight excluding hydrogens is 160 g/mol. The maximum absolute atomic E-state index is 11.0. The van der Waals surface area contributed by atoms with Crippen molar-refractivity contribution in [2.75, 3.05) is 0 Å². The minimum absolute atomic E-state index is 0.208. The van der Waals surface area contributed by atoms with Gasteiger partial charge in [0.25, 0.3) is 5.91 Å². The van der Waals surface area contributed by atoms with Crippen molar-refractivity contribution in [3.05, 3.63) is 21.4 Å². The monoisotopic (exact) mass is 170 g/mol. The number of rotatable bonds is 1. The van der Waals surface area contributed by atoms with Gasteiger partial charge in [0.1, 0.15) is 0 Å². The van der Waals surface area contributed by atoms with Gasteiger partial charge in [-0.1, -0.05) is 0 Å². The lowest BCUT2D eigenvalue weighted by Crippen LogP contribution is -2.29. The zero-order valence-electron chi connectivity index (χ0n) is 6.47. The molecule has 4 heteroatoms. The van der Waals surface area contributed by atoms with E-state index >= 15 is 0 Å². The zero-order chi connectivity index (χ0) is 8.43. The highest BCUT2D eigenvalue weighted by Crippen LogP contribution is 2.20. The minimum Gasteiger partial charge on any atom is -0.289 e. The first-order chi connectivity index (χ1) is 5.15. The third-order valence-electron chi connectivity index (χ3n) is 1.38. The summed E-state index contributed by atoms with van der Waals surface area (Å²) in [5.74, 6) is 4.78. The second-order valence-electron chi connectivity index (χ2n) is 2.34. The van der Waals surface area contributed by atoms with E-state index in [9.17, 15) is 4.79 Å². The lowest BCUT2D eigenvalue weighted by Gasteiger charge is -1.94. The van der Waals surface area contributed by atoms with Crippen molar-refractivity contribution >= 4 is 17.2 Å². The summed E-state index contributed by atoms with van der Waals surface area (Å²) in [7, 11) is 0. The molecule has 0 saturated carbocycles. The topological polar surface area (TPSA) is 55.1 Å². The van der Waals surface area contributed by atoms with E-state index < -0.39 is 0 Å². The van der Waals surface area contributed by atoms with Crippen LogP contribution in [0.15, 0.2) is 6.07 Å². The second kappa shape index (κ2) is 3.02. The number of nitrogens with one attached hydrogen (secondary N) is 1. The molecule has 60 valence electrons. The van der Waals surface area contributed by atoms with Crippen LogP contribution in [0.2, 0.25) is 0 Å². The fourth-order valence-electron chi connectivity index (χ4n) is 0.932. The van der Waals surface area contributed by atoms with Crippen LogP contribution >= 0.6 is 11.3 Å². The maximum Gasteiger partial charge on any atom is 0.275 e. The second-order valence-corrected chi connectivity index (χ2v) is 3.60. The van der Waals surface area contributed by atoms with Gasteiger partial charge in [-0.2, -0.15) is 0 Å². The molecule has 0 radical (unpaired) electrons. The first-order valence-electron chi connectivity index (χ1n) is 3.23. The van der Waals surface area contributed by atoms with E-state index in [4.69, 9.17) is 5.84 Å². The molecule has 1 rings (SSSR count). The molecule has 11 heavy (non-hydrogen) atoms. The summed E-state index contributed by atoms with van der Waals surface area (Å²) in [4.78, 5) is 12.8. The Bertz CT molecular complexity index is 280. The predicted octanol–water partition coefficient (Wildman–Crippen LogP) is 0.968. The number of aryl methyl sites for hydroxylation is 2. The van der Waals surface area contributed by atoms with E-state index in [-0.39, 0.29) is 5.91 Å². The van der Waals surface area contributed by atoms with Crippen LogP contribution in [-0.2, 0) is 0 Å². The summed E-state index contributed by atoms with van der Waals surface area (Å²) in [6.45, 7) is 3.86. The molecule has 1 aromatic heterocycles. The molecule has 0 aliphatic rings. The van der Waals surface area contributed by atoms with Crippen molar-refractivity contribution in [2.24, 2.45) is 5.84 Å². The summed E-state index contributed by atoms with van der Waals surface area (Å²) < 4.78 is 0. The van der Waals surface area contributed by atoms with Crippen molar-refractivity contribution in [1.82, 2.24) is 5.43 Å². The summed E-state index contributed by atoms with van der Waals surface area (Å²) >= 11 is 1.45. The standard InChI is InChI=1S/C7H10N2OS/c1-4-3-5(2)11-6(4)7(10)9-8/h3H,8H2,1-2H3,(H,9,10). The SMILES string of the molecule is Cc1cc(C)c(C(=O)NN)s1. The van der Waals surface area contributed by atoms with E-state index in [1.165, 1.54) is 11.3 Å². The van der Waals surface area contributed by atoms with E-state index in [2.05, 4.69) is 5.43 Å². The number of nitrogens with two attached hydrogens (primary N) is 1. The van der Waals surface area contributed by atoms with Gasteiger partial charge >= 0.3 is 0 Å². The Morgan fingerprint density at radius 1 is 1.64 bits per heavy atom. The fraction of sp³-hybridized carbons (Fsp3) is 0.286. The quantitative estimate of drug-likeness (QED) is 0.375. The van der Waals surface area contributed by atoms with Crippen LogP contribution in [0.5, 0.6) is 0 Å². The Morgan fingerprint density at radius 3 is 2.64 bits per heavy atom. The van der Waals surface area contributed by atoms with Crippen LogP contribution in [-0.4, -0.2) is 5.91 Å². The molecular formula is C7H10N2OS. The van der Waals surface area contributed by atoms with E-state index in [0.717, 1.165) is 10.4 Å². The number of hydrazine groups is 1. The summed E-state index contributed by atoms with van der Waals surface area (Å²) in [5, 5.41) is 0. The van der Waals surface area contributed by atoms with Gasteiger partial charge < -0.3 is 0 Å². The van der Waals surface area contributed by atoms with Crippen molar-refractivity contribution in [1.29, 1.82) is 0 Å². The molecule has 0 unspecified atom stereocenters. The van der Waals surface area contributed by atoms with Crippen molar-refractivity contribution in [3.8, 4) is 0 Å². The highest BCUT2D eigenvalue weighted by atomic mass is 32.1. The molecule has 0 aromatic carbocycles. The molecule has 0 spiro atoms. The van der Waals surface area contributed by atoms with Crippen molar-refractivity contribution in [3.63, 3.8) is 0 Å². The molecule has 0 aliphatic heterocycles. The van der Waals surface area contributed by atoms with Gasteiger partial charge in [-0.3, -0.25) is 10.2 Å². The Kier molecular flexibility index (Phi) is 2.26. The highest BCUT2D eigenvalue weighted by molar-refractivity contribution is 7.14. The zero-order valence-corrected chi connectivity index (χ0v) is 7.29. The predicted molar refractivity (Wildman–Crippen MR) is 45.4 cm³/mol. The Hall–Kier alpha value is -0.870. The normalized spacial score (nSPS) is 9.73. The molecule has 3 nitrogen and oxygen atoms in total. The largest absolute Gasteiger partial charge is 0.289 e. The van der Waals surface area contributed by atoms with Crippen LogP contribution in [0.3, 0.4) is 0 Å². The third-order valence-corrected chi connectivity index (χ3v) is 2.53. The number of nitrogen functional groups attached to an aromatic ring is 1. The molecule has 3 N–H and O–H groups in total. The molecule has 1 amide bonds. The minimum atomic E-state index is -0.208. The van der Waals surface area contributed by atoms with Crippen LogP contribution < -0.4 is 11.3 Å². The smallest absolute Gasteiger partial charge is 0.275 e. The number of hydrogen-bond acceptors (Lipinski definition) is 3. The summed E-state index contributed by atoms with van der Waals surface area (Å²) in [6, 6.07) is 1.97. The average molecular weight is 170 g/mol. The molecule has 1 heterocycles. The van der Waals surface area contributed by atoms with Gasteiger partial charge in [0.05, 0.1) is 4.88 Å². The van der Waals surface area contributed by atoms with Crippen LogP contribution in [0.25, 0.3) is 0 Å². The van der Waals surface area contributed by atoms with Crippen molar-refractivity contribution in [2.45, 2.75) is 13.8 Å². The lowest BCUT2D eigenvalue weighted by atomic mass is 10.2. The first kappa shape index (κ1) is 8.23. The van der Waals surface area contributed by atoms with E-state index in [0.29, 0.717) is 4.88 Å². The van der Waals surface area contributed by atoms with Crippen LogP contribution in [0.1, 0.15) is 20.1 Å². The molecule has 1 aromatic rings. The number of carbonyl (C=O) groups is 1. The Labute approximate surface area is 69.2 Å². The first-order valence-corrected chi connectivity index (χ1v) is 4.04. The summed E-state index contributed by atoms with van der Waals surface area (Å²) in [5.41, 5.74) is 3.09. The van der Waals surface area contributed by atoms with Gasteiger partial charge in [-0.25, -0.2) is 5.84 Å². The molecule has 0 aliphatic carbocycles. The maximum atomic E-state index is 11.0. The van der Waals surface area contributed by atoms with Gasteiger partial charge in [0.2, 0.25) is 0 Å². The van der Waals surface area contributed by atoms with Gasteiger partial charge in [0.15, 0.2) is 0 Å². The number of amides is 1. The fourth-order valence-corrected chi connectivity index (χ4v) is 1.86. The van der Waals surface area contributed by atoms with Gasteiger partial charge in [0, 0.05) is 4.88 Å². The lowest BCUT2D eigenvalue weighted by molar-refractivity contribution is 0.0957. The number of thiophene rings is 1. The van der Waals surface area contributed by atoms with Gasteiger partial charge in [-0.15, -0.1) is 11.3 Å². The van der Waals surface area contributed by atoms with Crippen LogP contribution in [0, 0.1) is 13.8 Å². The summed E-state index contributed by atoms with van der Waals surface area (Å²) in [6.07, 6.45) is 0.